The van der Waals surface area contributed by atoms with Gasteiger partial charge in [0, 0.05) is 23.7 Å². The first-order valence-electron chi connectivity index (χ1n) is 8.91. The molecule has 2 unspecified atom stereocenters. The molecular formula is C21H24N2O3. The lowest BCUT2D eigenvalue weighted by Crippen LogP contribution is -2.46. The smallest absolute Gasteiger partial charge is 0.258 e. The number of nitrogens with zero attached hydrogens (tertiary/aromatic N) is 1. The average Bonchev–Trinajstić information content (AvgIpc) is 2.67. The summed E-state index contributed by atoms with van der Waals surface area (Å²) in [6, 6.07) is 14.8. The molecule has 3 rings (SSSR count). The minimum absolute atomic E-state index is 0.0203. The number of hydrogen-bond donors (Lipinski definition) is 1. The third-order valence-electron chi connectivity index (χ3n) is 4.80. The predicted molar refractivity (Wildman–Crippen MR) is 101 cm³/mol. The molecule has 0 aliphatic carbocycles. The Morgan fingerprint density at radius 1 is 1.15 bits per heavy atom. The first-order chi connectivity index (χ1) is 12.5. The van der Waals surface area contributed by atoms with E-state index in [0.717, 1.165) is 17.0 Å². The maximum atomic E-state index is 13.2. The molecule has 0 aromatic heterocycles. The second-order valence-corrected chi connectivity index (χ2v) is 6.52. The number of methoxy groups -OCH3 is 1. The van der Waals surface area contributed by atoms with Crippen molar-refractivity contribution in [2.45, 2.75) is 38.8 Å². The number of nitrogens with one attached hydrogen (secondary N) is 1. The maximum Gasteiger partial charge on any atom is 0.258 e. The maximum absolute atomic E-state index is 13.2. The minimum atomic E-state index is -0.0754. The van der Waals surface area contributed by atoms with Gasteiger partial charge in [0.2, 0.25) is 5.91 Å². The van der Waals surface area contributed by atoms with Crippen LogP contribution in [0.2, 0.25) is 0 Å². The van der Waals surface area contributed by atoms with Crippen molar-refractivity contribution in [3.05, 3.63) is 59.7 Å². The summed E-state index contributed by atoms with van der Waals surface area (Å²) in [6.07, 6.45) is 1.13. The van der Waals surface area contributed by atoms with Crippen molar-refractivity contribution in [2.75, 3.05) is 12.0 Å². The molecular weight excluding hydrogens is 328 g/mol. The summed E-state index contributed by atoms with van der Waals surface area (Å²) >= 11 is 0. The average molecular weight is 352 g/mol. The molecule has 2 atom stereocenters. The number of carbonyl (C=O) groups is 2. The number of para-hydroxylation sites is 1. The van der Waals surface area contributed by atoms with Crippen molar-refractivity contribution in [2.24, 2.45) is 0 Å². The third kappa shape index (κ3) is 3.43. The van der Waals surface area contributed by atoms with Gasteiger partial charge in [0.15, 0.2) is 0 Å². The van der Waals surface area contributed by atoms with Crippen LogP contribution >= 0.6 is 0 Å². The summed E-state index contributed by atoms with van der Waals surface area (Å²) in [7, 11) is 1.60. The molecule has 2 aromatic rings. The molecule has 0 fully saturated rings. The van der Waals surface area contributed by atoms with E-state index in [1.54, 1.807) is 31.4 Å². The molecule has 0 saturated carbocycles. The van der Waals surface area contributed by atoms with Gasteiger partial charge in [0.1, 0.15) is 5.75 Å². The van der Waals surface area contributed by atoms with E-state index in [0.29, 0.717) is 18.4 Å². The summed E-state index contributed by atoms with van der Waals surface area (Å²) in [5.74, 6) is 0.691. The van der Waals surface area contributed by atoms with E-state index in [4.69, 9.17) is 4.74 Å². The van der Waals surface area contributed by atoms with Crippen LogP contribution in [0.25, 0.3) is 0 Å². The number of benzene rings is 2. The third-order valence-corrected chi connectivity index (χ3v) is 4.80. The fourth-order valence-electron chi connectivity index (χ4n) is 3.43. The van der Waals surface area contributed by atoms with E-state index in [1.807, 2.05) is 43.0 Å². The Morgan fingerprint density at radius 3 is 2.50 bits per heavy atom. The van der Waals surface area contributed by atoms with Gasteiger partial charge in [-0.1, -0.05) is 25.1 Å². The van der Waals surface area contributed by atoms with Crippen LogP contribution in [0.3, 0.4) is 0 Å². The van der Waals surface area contributed by atoms with E-state index >= 15 is 0 Å². The fraction of sp³-hybridized carbons (Fsp3) is 0.333. The Morgan fingerprint density at radius 2 is 1.85 bits per heavy atom. The van der Waals surface area contributed by atoms with Crippen molar-refractivity contribution >= 4 is 17.5 Å². The molecule has 5 nitrogen and oxygen atoms in total. The second kappa shape index (κ2) is 7.60. The zero-order valence-electron chi connectivity index (χ0n) is 15.4. The molecule has 136 valence electrons. The molecule has 2 aromatic carbocycles. The number of ether oxygens (including phenoxy) is 1. The number of hydrogen-bond acceptors (Lipinski definition) is 3. The Hall–Kier alpha value is -2.82. The number of carbonyl (C=O) groups excluding carboxylic acids is 2. The standard InChI is InChI=1S/C21H24N2O3/c1-4-20(24)22-18-13-14(2)23(19-8-6-5-7-17(18)19)21(25)15-9-11-16(26-3)12-10-15/h5-12,14,18H,4,13H2,1-3H3,(H,22,24). The molecule has 1 heterocycles. The van der Waals surface area contributed by atoms with Gasteiger partial charge in [-0.25, -0.2) is 0 Å². The van der Waals surface area contributed by atoms with Crippen molar-refractivity contribution < 1.29 is 14.3 Å². The zero-order valence-corrected chi connectivity index (χ0v) is 15.4. The monoisotopic (exact) mass is 352 g/mol. The predicted octanol–water partition coefficient (Wildman–Crippen LogP) is 3.70. The number of anilines is 1. The lowest BCUT2D eigenvalue weighted by atomic mass is 9.91. The van der Waals surface area contributed by atoms with Crippen molar-refractivity contribution in [1.82, 2.24) is 5.32 Å². The van der Waals surface area contributed by atoms with Crippen molar-refractivity contribution in [1.29, 1.82) is 0 Å². The van der Waals surface area contributed by atoms with E-state index in [9.17, 15) is 9.59 Å². The van der Waals surface area contributed by atoms with Gasteiger partial charge in [-0.15, -0.1) is 0 Å². The van der Waals surface area contributed by atoms with Crippen molar-refractivity contribution in [3.8, 4) is 5.75 Å². The van der Waals surface area contributed by atoms with Crippen LogP contribution in [0.15, 0.2) is 48.5 Å². The van der Waals surface area contributed by atoms with E-state index in [-0.39, 0.29) is 23.9 Å². The highest BCUT2D eigenvalue weighted by Gasteiger charge is 2.34. The van der Waals surface area contributed by atoms with Gasteiger partial charge in [-0.3, -0.25) is 9.59 Å². The van der Waals surface area contributed by atoms with Gasteiger partial charge < -0.3 is 15.0 Å². The van der Waals surface area contributed by atoms with Crippen LogP contribution < -0.4 is 15.0 Å². The van der Waals surface area contributed by atoms with Crippen LogP contribution in [0, 0.1) is 0 Å². The van der Waals surface area contributed by atoms with Crippen LogP contribution in [0.5, 0.6) is 5.75 Å². The first kappa shape index (κ1) is 18.0. The number of rotatable bonds is 4. The quantitative estimate of drug-likeness (QED) is 0.913. The molecule has 0 spiro atoms. The summed E-state index contributed by atoms with van der Waals surface area (Å²) in [5, 5.41) is 3.08. The number of fused-ring (bicyclic) bond motifs is 1. The van der Waals surface area contributed by atoms with Crippen molar-refractivity contribution in [3.63, 3.8) is 0 Å². The Balaban J connectivity index is 1.94. The lowest BCUT2D eigenvalue weighted by molar-refractivity contribution is -0.121. The van der Waals surface area contributed by atoms with E-state index in [1.165, 1.54) is 0 Å². The van der Waals surface area contributed by atoms with Crippen LogP contribution in [0.4, 0.5) is 5.69 Å². The molecule has 0 bridgehead atoms. The molecule has 2 amide bonds. The first-order valence-corrected chi connectivity index (χ1v) is 8.91. The highest BCUT2D eigenvalue weighted by atomic mass is 16.5. The van der Waals surface area contributed by atoms with Crippen LogP contribution in [0.1, 0.15) is 48.7 Å². The van der Waals surface area contributed by atoms with E-state index in [2.05, 4.69) is 5.32 Å². The Kier molecular flexibility index (Phi) is 5.26. The fourth-order valence-corrected chi connectivity index (χ4v) is 3.43. The van der Waals surface area contributed by atoms with E-state index < -0.39 is 0 Å². The van der Waals surface area contributed by atoms with Gasteiger partial charge in [-0.05, 0) is 49.2 Å². The molecule has 0 saturated heterocycles. The summed E-state index contributed by atoms with van der Waals surface area (Å²) in [6.45, 7) is 3.86. The summed E-state index contributed by atoms with van der Waals surface area (Å²) < 4.78 is 5.17. The Bertz CT molecular complexity index is 801. The lowest BCUT2D eigenvalue weighted by Gasteiger charge is -2.39. The minimum Gasteiger partial charge on any atom is -0.497 e. The highest BCUT2D eigenvalue weighted by molar-refractivity contribution is 6.07. The molecule has 0 radical (unpaired) electrons. The van der Waals surface area contributed by atoms with Gasteiger partial charge >= 0.3 is 0 Å². The second-order valence-electron chi connectivity index (χ2n) is 6.52. The number of amides is 2. The van der Waals surface area contributed by atoms with Gasteiger partial charge in [-0.2, -0.15) is 0 Å². The topological polar surface area (TPSA) is 58.6 Å². The van der Waals surface area contributed by atoms with Gasteiger partial charge in [0.25, 0.3) is 5.91 Å². The highest BCUT2D eigenvalue weighted by Crippen LogP contribution is 2.38. The Labute approximate surface area is 154 Å². The van der Waals surface area contributed by atoms with Crippen LogP contribution in [-0.4, -0.2) is 25.0 Å². The van der Waals surface area contributed by atoms with Crippen LogP contribution in [-0.2, 0) is 4.79 Å². The molecule has 1 aliphatic heterocycles. The largest absolute Gasteiger partial charge is 0.497 e. The molecule has 1 N–H and O–H groups in total. The summed E-state index contributed by atoms with van der Waals surface area (Å²) in [5.41, 5.74) is 2.45. The summed E-state index contributed by atoms with van der Waals surface area (Å²) in [4.78, 5) is 26.9. The zero-order chi connectivity index (χ0) is 18.7. The molecule has 1 aliphatic rings. The van der Waals surface area contributed by atoms with Gasteiger partial charge in [0.05, 0.1) is 13.2 Å². The normalized spacial score (nSPS) is 18.8. The molecule has 5 heteroatoms. The molecule has 26 heavy (non-hydrogen) atoms. The SMILES string of the molecule is CCC(=O)NC1CC(C)N(C(=O)c2ccc(OC)cc2)c2ccccc21.